The molecule has 1 heterocycles. The number of nitrogens with zero attached hydrogens (tertiary/aromatic N) is 1. The summed E-state index contributed by atoms with van der Waals surface area (Å²) in [5.41, 5.74) is 1.40. The molecule has 2 N–H and O–H groups in total. The second kappa shape index (κ2) is 5.67. The first kappa shape index (κ1) is 9.90. The Morgan fingerprint density at radius 2 is 1.91 bits per heavy atom. The molecular weight excluding hydrogens is 148 g/mol. The first-order valence-electron chi connectivity index (χ1n) is 3.33. The molecule has 0 aromatic carbocycles. The van der Waals surface area contributed by atoms with Crippen LogP contribution in [-0.4, -0.2) is 23.4 Å². The molecule has 1 saturated heterocycles. The van der Waals surface area contributed by atoms with Crippen molar-refractivity contribution >= 4 is 0 Å². The summed E-state index contributed by atoms with van der Waals surface area (Å²) in [6.07, 6.45) is 2.36. The zero-order chi connectivity index (χ0) is 8.69. The van der Waals surface area contributed by atoms with Crippen molar-refractivity contribution in [2.75, 3.05) is 13.1 Å². The van der Waals surface area contributed by atoms with Gasteiger partial charge in [0.1, 0.15) is 0 Å². The van der Waals surface area contributed by atoms with Gasteiger partial charge in [0.15, 0.2) is 0 Å². The van der Waals surface area contributed by atoms with Crippen molar-refractivity contribution in [2.24, 2.45) is 0 Å². The highest BCUT2D eigenvalue weighted by atomic mass is 16.9. The Bertz CT molecular complexity index is 135. The molecule has 1 aliphatic heterocycles. The monoisotopic (exact) mass is 160 g/mol. The zero-order valence-electron chi connectivity index (χ0n) is 6.25. The van der Waals surface area contributed by atoms with Gasteiger partial charge in [-0.1, -0.05) is 12.2 Å². The highest BCUT2D eigenvalue weighted by Gasteiger charge is 1.98. The Morgan fingerprint density at radius 3 is 2.09 bits per heavy atom. The first-order chi connectivity index (χ1) is 5.13. The Morgan fingerprint density at radius 1 is 1.55 bits per heavy atom. The number of nitrogens with one attached hydrogen (secondary N) is 1. The largest absolute Gasteiger partial charge is 0.328 e. The Hall–Kier alpha value is -1.10. The Kier molecular flexibility index (Phi) is 5.10. The summed E-state index contributed by atoms with van der Waals surface area (Å²) in [5.74, 6) is 0. The average molecular weight is 160 g/mol. The van der Waals surface area contributed by atoms with E-state index in [9.17, 15) is 0 Å². The van der Waals surface area contributed by atoms with Crippen molar-refractivity contribution < 1.29 is 10.3 Å². The van der Waals surface area contributed by atoms with Gasteiger partial charge in [-0.2, -0.15) is 0 Å². The summed E-state index contributed by atoms with van der Waals surface area (Å²) in [6.45, 7) is 6.15. The molecule has 0 amide bonds. The second-order valence-corrected chi connectivity index (χ2v) is 2.24. The van der Waals surface area contributed by atoms with Gasteiger partial charge in [-0.05, 0) is 25.9 Å². The van der Waals surface area contributed by atoms with E-state index in [1.54, 1.807) is 0 Å². The summed E-state index contributed by atoms with van der Waals surface area (Å²) in [4.78, 5) is 8.36. The summed E-state index contributed by atoms with van der Waals surface area (Å²) < 4.78 is 0. The van der Waals surface area contributed by atoms with E-state index in [2.05, 4.69) is 11.9 Å². The smallest absolute Gasteiger partial charge is 0.291 e. The van der Waals surface area contributed by atoms with Gasteiger partial charge in [0, 0.05) is 0 Å². The average Bonchev–Trinajstić information content (AvgIpc) is 1.87. The van der Waals surface area contributed by atoms with Gasteiger partial charge in [0.2, 0.25) is 0 Å². The molecule has 0 aromatic rings. The van der Waals surface area contributed by atoms with Crippen molar-refractivity contribution in [1.82, 2.24) is 5.32 Å². The van der Waals surface area contributed by atoms with E-state index in [-0.39, 0.29) is 0 Å². The molecule has 5 nitrogen and oxygen atoms in total. The van der Waals surface area contributed by atoms with Gasteiger partial charge in [0.25, 0.3) is 5.09 Å². The number of hydrogen-bond donors (Lipinski definition) is 2. The van der Waals surface area contributed by atoms with Crippen molar-refractivity contribution in [3.63, 3.8) is 0 Å². The van der Waals surface area contributed by atoms with Crippen LogP contribution in [-0.2, 0) is 0 Å². The second-order valence-electron chi connectivity index (χ2n) is 2.24. The zero-order valence-corrected chi connectivity index (χ0v) is 6.25. The Balaban J connectivity index is 0.000000218. The predicted molar refractivity (Wildman–Crippen MR) is 40.0 cm³/mol. The molecule has 0 aromatic heterocycles. The molecule has 0 unspecified atom stereocenters. The van der Waals surface area contributed by atoms with Crippen LogP contribution in [0.25, 0.3) is 0 Å². The van der Waals surface area contributed by atoms with Crippen LogP contribution in [0.2, 0.25) is 0 Å². The lowest BCUT2D eigenvalue weighted by Crippen LogP contribution is -2.22. The molecule has 1 rings (SSSR count). The minimum atomic E-state index is -1.50. The maximum atomic E-state index is 8.36. The summed E-state index contributed by atoms with van der Waals surface area (Å²) in [6, 6.07) is 0. The van der Waals surface area contributed by atoms with Crippen molar-refractivity contribution in [3.8, 4) is 0 Å². The lowest BCUT2D eigenvalue weighted by molar-refractivity contribution is -0.742. The minimum Gasteiger partial charge on any atom is -0.328 e. The highest BCUT2D eigenvalue weighted by Crippen LogP contribution is 2.04. The standard InChI is InChI=1S/C6H11N.HNO3/c1-6-2-4-7-5-3-6;2-1(3)4/h7H,1-5H2;(H,2,3,4). The summed E-state index contributed by atoms with van der Waals surface area (Å²) in [7, 11) is 0. The molecule has 0 atom stereocenters. The van der Waals surface area contributed by atoms with Crippen LogP contribution in [0.5, 0.6) is 0 Å². The van der Waals surface area contributed by atoms with E-state index < -0.39 is 5.09 Å². The number of piperidine rings is 1. The third-order valence-electron chi connectivity index (χ3n) is 1.31. The van der Waals surface area contributed by atoms with Crippen LogP contribution >= 0.6 is 0 Å². The molecule has 0 aliphatic carbocycles. The third kappa shape index (κ3) is 8.90. The Labute approximate surface area is 64.8 Å². The van der Waals surface area contributed by atoms with E-state index in [4.69, 9.17) is 15.3 Å². The lowest BCUT2D eigenvalue weighted by Gasteiger charge is -2.12. The fourth-order valence-electron chi connectivity index (χ4n) is 0.780. The lowest BCUT2D eigenvalue weighted by atomic mass is 10.1. The molecule has 1 aliphatic rings. The number of rotatable bonds is 0. The van der Waals surface area contributed by atoms with Gasteiger partial charge >= 0.3 is 0 Å². The maximum absolute atomic E-state index is 8.36. The van der Waals surface area contributed by atoms with Crippen molar-refractivity contribution in [2.45, 2.75) is 12.8 Å². The van der Waals surface area contributed by atoms with E-state index in [0.717, 1.165) is 13.1 Å². The van der Waals surface area contributed by atoms with E-state index >= 15 is 0 Å². The van der Waals surface area contributed by atoms with Gasteiger partial charge in [-0.3, -0.25) is 0 Å². The molecule has 0 bridgehead atoms. The number of hydrogen-bond acceptors (Lipinski definition) is 3. The normalized spacial score (nSPS) is 16.5. The van der Waals surface area contributed by atoms with Crippen LogP contribution in [0.1, 0.15) is 12.8 Å². The van der Waals surface area contributed by atoms with Crippen LogP contribution in [0, 0.1) is 10.1 Å². The molecule has 11 heavy (non-hydrogen) atoms. The molecular formula is C6H12N2O3. The first-order valence-corrected chi connectivity index (χ1v) is 3.33. The maximum Gasteiger partial charge on any atom is 0.291 e. The van der Waals surface area contributed by atoms with Crippen LogP contribution in [0.3, 0.4) is 0 Å². The molecule has 5 heteroatoms. The fourth-order valence-corrected chi connectivity index (χ4v) is 0.780. The summed E-state index contributed by atoms with van der Waals surface area (Å²) in [5, 5.41) is 16.9. The predicted octanol–water partition coefficient (Wildman–Crippen LogP) is 0.578. The quantitative estimate of drug-likeness (QED) is 0.309. The van der Waals surface area contributed by atoms with Crippen molar-refractivity contribution in [1.29, 1.82) is 0 Å². The minimum absolute atomic E-state index is 1.14. The SMILES string of the molecule is C=C1CCNCC1.O=[N+]([O-])O. The molecule has 0 radical (unpaired) electrons. The topological polar surface area (TPSA) is 75.4 Å². The third-order valence-corrected chi connectivity index (χ3v) is 1.31. The molecule has 1 fully saturated rings. The van der Waals surface area contributed by atoms with E-state index in [1.807, 2.05) is 0 Å². The van der Waals surface area contributed by atoms with Gasteiger partial charge in [0.05, 0.1) is 0 Å². The van der Waals surface area contributed by atoms with Crippen LogP contribution in [0.15, 0.2) is 12.2 Å². The fraction of sp³-hybridized carbons (Fsp3) is 0.667. The van der Waals surface area contributed by atoms with Gasteiger partial charge in [-0.25, -0.2) is 0 Å². The van der Waals surface area contributed by atoms with Crippen molar-refractivity contribution in [3.05, 3.63) is 22.3 Å². The molecule has 0 saturated carbocycles. The molecule has 64 valence electrons. The summed E-state index contributed by atoms with van der Waals surface area (Å²) >= 11 is 0. The van der Waals surface area contributed by atoms with E-state index in [0.29, 0.717) is 0 Å². The van der Waals surface area contributed by atoms with Crippen LogP contribution in [0.4, 0.5) is 0 Å². The van der Waals surface area contributed by atoms with Crippen LogP contribution < -0.4 is 5.32 Å². The highest BCUT2D eigenvalue weighted by molar-refractivity contribution is 4.97. The molecule has 0 spiro atoms. The van der Waals surface area contributed by atoms with Gasteiger partial charge in [-0.15, -0.1) is 10.1 Å². The van der Waals surface area contributed by atoms with Gasteiger partial charge < -0.3 is 10.5 Å². The van der Waals surface area contributed by atoms with E-state index in [1.165, 1.54) is 18.4 Å².